The van der Waals surface area contributed by atoms with Crippen LogP contribution in [-0.2, 0) is 6.54 Å². The summed E-state index contributed by atoms with van der Waals surface area (Å²) in [7, 11) is 0. The van der Waals surface area contributed by atoms with Crippen molar-refractivity contribution in [3.05, 3.63) is 72.5 Å². The molecule has 1 aromatic carbocycles. The number of carbonyl (C=O) groups excluding carboxylic acids is 1. The number of furan rings is 1. The van der Waals surface area contributed by atoms with E-state index in [1.807, 2.05) is 0 Å². The quantitative estimate of drug-likeness (QED) is 0.801. The van der Waals surface area contributed by atoms with Gasteiger partial charge < -0.3 is 9.73 Å². The third-order valence-corrected chi connectivity index (χ3v) is 2.98. The van der Waals surface area contributed by atoms with Crippen LogP contribution in [0.2, 0.25) is 0 Å². The highest BCUT2D eigenvalue weighted by molar-refractivity contribution is 5.92. The summed E-state index contributed by atoms with van der Waals surface area (Å²) >= 11 is 0. The van der Waals surface area contributed by atoms with E-state index in [1.165, 1.54) is 24.7 Å². The SMILES string of the molecule is O=C(NCc1ccco1)c1cncn1-c1ccc(F)cc1. The van der Waals surface area contributed by atoms with E-state index >= 15 is 0 Å². The van der Waals surface area contributed by atoms with Crippen molar-refractivity contribution in [1.29, 1.82) is 0 Å². The molecule has 1 N–H and O–H groups in total. The minimum Gasteiger partial charge on any atom is -0.467 e. The maximum atomic E-state index is 13.0. The maximum absolute atomic E-state index is 13.0. The van der Waals surface area contributed by atoms with Gasteiger partial charge in [-0.3, -0.25) is 9.36 Å². The fourth-order valence-corrected chi connectivity index (χ4v) is 1.94. The molecule has 0 saturated heterocycles. The summed E-state index contributed by atoms with van der Waals surface area (Å²) in [6.07, 6.45) is 4.51. The number of aromatic nitrogens is 2. The van der Waals surface area contributed by atoms with Crippen molar-refractivity contribution < 1.29 is 13.6 Å². The Hall–Kier alpha value is -2.89. The van der Waals surface area contributed by atoms with Gasteiger partial charge in [-0.2, -0.15) is 0 Å². The molecule has 0 saturated carbocycles. The average molecular weight is 285 g/mol. The molecule has 0 unspecified atom stereocenters. The van der Waals surface area contributed by atoms with Crippen molar-refractivity contribution >= 4 is 5.91 Å². The van der Waals surface area contributed by atoms with Crippen LogP contribution in [0, 0.1) is 5.82 Å². The van der Waals surface area contributed by atoms with E-state index in [9.17, 15) is 9.18 Å². The minimum absolute atomic E-state index is 0.284. The molecule has 106 valence electrons. The first-order valence-electron chi connectivity index (χ1n) is 6.33. The molecule has 0 aliphatic heterocycles. The molecule has 3 aromatic rings. The summed E-state index contributed by atoms with van der Waals surface area (Å²) in [5.41, 5.74) is 1.03. The number of hydrogen-bond acceptors (Lipinski definition) is 3. The van der Waals surface area contributed by atoms with Gasteiger partial charge in [-0.05, 0) is 36.4 Å². The molecule has 5 nitrogen and oxygen atoms in total. The van der Waals surface area contributed by atoms with Gasteiger partial charge in [0.05, 0.1) is 25.3 Å². The number of nitrogens with one attached hydrogen (secondary N) is 1. The number of rotatable bonds is 4. The lowest BCUT2D eigenvalue weighted by atomic mass is 10.3. The number of halogens is 1. The molecular weight excluding hydrogens is 273 g/mol. The lowest BCUT2D eigenvalue weighted by Gasteiger charge is -2.08. The Kier molecular flexibility index (Phi) is 3.51. The van der Waals surface area contributed by atoms with Crippen molar-refractivity contribution in [2.45, 2.75) is 6.54 Å². The fraction of sp³-hybridized carbons (Fsp3) is 0.0667. The lowest BCUT2D eigenvalue weighted by Crippen LogP contribution is -2.24. The van der Waals surface area contributed by atoms with Crippen molar-refractivity contribution in [3.8, 4) is 5.69 Å². The molecule has 2 aromatic heterocycles. The van der Waals surface area contributed by atoms with Gasteiger partial charge in [0.15, 0.2) is 0 Å². The first kappa shape index (κ1) is 13.1. The molecule has 1 amide bonds. The fourth-order valence-electron chi connectivity index (χ4n) is 1.94. The van der Waals surface area contributed by atoms with E-state index in [-0.39, 0.29) is 11.7 Å². The lowest BCUT2D eigenvalue weighted by molar-refractivity contribution is 0.0941. The smallest absolute Gasteiger partial charge is 0.270 e. The van der Waals surface area contributed by atoms with Gasteiger partial charge >= 0.3 is 0 Å². The Morgan fingerprint density at radius 3 is 2.81 bits per heavy atom. The van der Waals surface area contributed by atoms with Gasteiger partial charge in [0.2, 0.25) is 0 Å². The van der Waals surface area contributed by atoms with Crippen molar-refractivity contribution in [3.63, 3.8) is 0 Å². The van der Waals surface area contributed by atoms with E-state index in [0.29, 0.717) is 23.7 Å². The monoisotopic (exact) mass is 285 g/mol. The number of amides is 1. The summed E-state index contributed by atoms with van der Waals surface area (Å²) in [5.74, 6) is 0.0482. The molecule has 0 radical (unpaired) electrons. The number of carbonyl (C=O) groups is 1. The zero-order chi connectivity index (χ0) is 14.7. The van der Waals surface area contributed by atoms with E-state index < -0.39 is 0 Å². The summed E-state index contributed by atoms with van der Waals surface area (Å²) < 4.78 is 19.7. The highest BCUT2D eigenvalue weighted by Gasteiger charge is 2.13. The van der Waals surface area contributed by atoms with Crippen molar-refractivity contribution in [2.75, 3.05) is 0 Å². The third kappa shape index (κ3) is 2.84. The number of hydrogen-bond donors (Lipinski definition) is 1. The van der Waals surface area contributed by atoms with Crippen LogP contribution in [-0.4, -0.2) is 15.5 Å². The summed E-state index contributed by atoms with van der Waals surface area (Å²) in [6, 6.07) is 9.36. The molecular formula is C15H12FN3O2. The van der Waals surface area contributed by atoms with Gasteiger partial charge in [-0.25, -0.2) is 9.37 Å². The van der Waals surface area contributed by atoms with Crippen LogP contribution in [0.1, 0.15) is 16.2 Å². The van der Waals surface area contributed by atoms with E-state index in [4.69, 9.17) is 4.42 Å². The summed E-state index contributed by atoms with van der Waals surface area (Å²) in [4.78, 5) is 16.1. The number of imidazole rings is 1. The van der Waals surface area contributed by atoms with E-state index in [1.54, 1.807) is 35.1 Å². The zero-order valence-corrected chi connectivity index (χ0v) is 11.0. The second-order valence-electron chi connectivity index (χ2n) is 4.39. The number of benzene rings is 1. The Balaban J connectivity index is 1.78. The van der Waals surface area contributed by atoms with Crippen LogP contribution in [0.5, 0.6) is 0 Å². The van der Waals surface area contributed by atoms with Crippen LogP contribution in [0.3, 0.4) is 0 Å². The van der Waals surface area contributed by atoms with Gasteiger partial charge in [0, 0.05) is 5.69 Å². The van der Waals surface area contributed by atoms with Crippen molar-refractivity contribution in [1.82, 2.24) is 14.9 Å². The summed E-state index contributed by atoms with van der Waals surface area (Å²) in [5, 5.41) is 2.74. The second-order valence-corrected chi connectivity index (χ2v) is 4.39. The Labute approximate surface area is 120 Å². The molecule has 2 heterocycles. The molecule has 0 aliphatic rings. The molecule has 0 spiro atoms. The molecule has 0 aliphatic carbocycles. The Morgan fingerprint density at radius 2 is 2.10 bits per heavy atom. The maximum Gasteiger partial charge on any atom is 0.270 e. The normalized spacial score (nSPS) is 10.5. The molecule has 3 rings (SSSR count). The first-order valence-corrected chi connectivity index (χ1v) is 6.33. The van der Waals surface area contributed by atoms with Gasteiger partial charge in [-0.15, -0.1) is 0 Å². The van der Waals surface area contributed by atoms with E-state index in [0.717, 1.165) is 0 Å². The van der Waals surface area contributed by atoms with Gasteiger partial charge in [0.1, 0.15) is 17.3 Å². The molecule has 21 heavy (non-hydrogen) atoms. The Bertz CT molecular complexity index is 733. The summed E-state index contributed by atoms with van der Waals surface area (Å²) in [6.45, 7) is 0.292. The number of nitrogens with zero attached hydrogens (tertiary/aromatic N) is 2. The highest BCUT2D eigenvalue weighted by Crippen LogP contribution is 2.12. The van der Waals surface area contributed by atoms with E-state index in [2.05, 4.69) is 10.3 Å². The predicted octanol–water partition coefficient (Wildman–Crippen LogP) is 2.53. The van der Waals surface area contributed by atoms with Gasteiger partial charge in [0.25, 0.3) is 5.91 Å². The van der Waals surface area contributed by atoms with Crippen LogP contribution in [0.15, 0.2) is 59.6 Å². The van der Waals surface area contributed by atoms with Crippen LogP contribution in [0.4, 0.5) is 4.39 Å². The highest BCUT2D eigenvalue weighted by atomic mass is 19.1. The zero-order valence-electron chi connectivity index (χ0n) is 11.0. The Morgan fingerprint density at radius 1 is 1.29 bits per heavy atom. The molecule has 0 bridgehead atoms. The molecule has 6 heteroatoms. The largest absolute Gasteiger partial charge is 0.467 e. The average Bonchev–Trinajstić information content (AvgIpc) is 3.17. The minimum atomic E-state index is -0.331. The third-order valence-electron chi connectivity index (χ3n) is 2.98. The van der Waals surface area contributed by atoms with Crippen molar-refractivity contribution in [2.24, 2.45) is 0 Å². The van der Waals surface area contributed by atoms with Crippen LogP contribution >= 0.6 is 0 Å². The topological polar surface area (TPSA) is 60.1 Å². The van der Waals surface area contributed by atoms with Crippen LogP contribution in [0.25, 0.3) is 5.69 Å². The predicted molar refractivity (Wildman–Crippen MR) is 73.4 cm³/mol. The second kappa shape index (κ2) is 5.62. The standard InChI is InChI=1S/C15H12FN3O2/c16-11-3-5-12(6-4-11)19-10-17-9-14(19)15(20)18-8-13-2-1-7-21-13/h1-7,9-10H,8H2,(H,18,20). The van der Waals surface area contributed by atoms with Gasteiger partial charge in [-0.1, -0.05) is 0 Å². The van der Waals surface area contributed by atoms with Crippen LogP contribution < -0.4 is 5.32 Å². The molecule has 0 atom stereocenters. The first-order chi connectivity index (χ1) is 10.2. The molecule has 0 fully saturated rings.